The van der Waals surface area contributed by atoms with Crippen LogP contribution < -0.4 is 0 Å². The molecule has 4 rings (SSSR count). The molecule has 3 heterocycles. The summed E-state index contributed by atoms with van der Waals surface area (Å²) in [4.78, 5) is 14.7. The Kier molecular flexibility index (Phi) is 4.26. The number of likely N-dealkylation sites (tertiary alicyclic amines) is 1. The molecule has 0 spiro atoms. The van der Waals surface area contributed by atoms with Crippen LogP contribution in [0.4, 0.5) is 0 Å². The Balaban J connectivity index is 1.40. The van der Waals surface area contributed by atoms with Crippen molar-refractivity contribution in [1.29, 1.82) is 0 Å². The van der Waals surface area contributed by atoms with Gasteiger partial charge in [0.15, 0.2) is 0 Å². The lowest BCUT2D eigenvalue weighted by Gasteiger charge is -2.32. The predicted octanol–water partition coefficient (Wildman–Crippen LogP) is 2.86. The molecule has 25 heavy (non-hydrogen) atoms. The van der Waals surface area contributed by atoms with Gasteiger partial charge in [0.1, 0.15) is 0 Å². The van der Waals surface area contributed by atoms with E-state index in [-0.39, 0.29) is 5.91 Å². The van der Waals surface area contributed by atoms with Crippen LogP contribution in [0.3, 0.4) is 0 Å². The summed E-state index contributed by atoms with van der Waals surface area (Å²) in [6.07, 6.45) is 6.35. The van der Waals surface area contributed by atoms with Crippen LogP contribution in [0.1, 0.15) is 36.4 Å². The van der Waals surface area contributed by atoms with Crippen LogP contribution in [0, 0.1) is 6.92 Å². The largest absolute Gasteiger partial charge is 0.342 e. The van der Waals surface area contributed by atoms with E-state index in [0.29, 0.717) is 18.9 Å². The number of piperidine rings is 1. The van der Waals surface area contributed by atoms with Crippen molar-refractivity contribution in [3.8, 4) is 0 Å². The molecule has 3 aromatic rings. The lowest BCUT2D eigenvalue weighted by molar-refractivity contribution is -0.132. The smallest absolute Gasteiger partial charge is 0.224 e. The fourth-order valence-electron chi connectivity index (χ4n) is 3.77. The summed E-state index contributed by atoms with van der Waals surface area (Å²) in [5.41, 5.74) is 3.44. The molecule has 1 aliphatic rings. The topological polar surface area (TPSA) is 66.8 Å². The van der Waals surface area contributed by atoms with Crippen molar-refractivity contribution in [2.45, 2.75) is 38.6 Å². The molecule has 0 aliphatic carbocycles. The van der Waals surface area contributed by atoms with Crippen LogP contribution >= 0.6 is 0 Å². The van der Waals surface area contributed by atoms with E-state index >= 15 is 0 Å². The van der Waals surface area contributed by atoms with Crippen LogP contribution in [-0.2, 0) is 11.3 Å². The van der Waals surface area contributed by atoms with Gasteiger partial charge in [0.2, 0.25) is 5.91 Å². The number of carbonyl (C=O) groups excluding carboxylic acids is 1. The normalized spacial score (nSPS) is 18.0. The minimum absolute atomic E-state index is 0.210. The highest BCUT2D eigenvalue weighted by Crippen LogP contribution is 2.27. The van der Waals surface area contributed by atoms with Gasteiger partial charge in [-0.05, 0) is 31.4 Å². The first kappa shape index (κ1) is 15.9. The Labute approximate surface area is 146 Å². The first-order valence-electron chi connectivity index (χ1n) is 8.90. The third-order valence-electron chi connectivity index (χ3n) is 5.14. The molecule has 0 unspecified atom stereocenters. The molecule has 1 amide bonds. The second-order valence-electron chi connectivity index (χ2n) is 6.82. The zero-order chi connectivity index (χ0) is 17.2. The van der Waals surface area contributed by atoms with Crippen LogP contribution in [0.5, 0.6) is 0 Å². The Morgan fingerprint density at radius 2 is 2.20 bits per heavy atom. The summed E-state index contributed by atoms with van der Waals surface area (Å²) in [6.45, 7) is 4.32. The highest BCUT2D eigenvalue weighted by Gasteiger charge is 2.26. The van der Waals surface area contributed by atoms with Gasteiger partial charge < -0.3 is 4.90 Å². The van der Waals surface area contributed by atoms with Crippen molar-refractivity contribution < 1.29 is 4.79 Å². The van der Waals surface area contributed by atoms with Crippen LogP contribution in [0.25, 0.3) is 10.9 Å². The SMILES string of the molecule is Cc1cn[nH]c1[C@@H]1CCCN(C(=O)CCn2ncc3ccccc32)C1. The van der Waals surface area contributed by atoms with E-state index in [0.717, 1.165) is 36.8 Å². The zero-order valence-corrected chi connectivity index (χ0v) is 14.5. The van der Waals surface area contributed by atoms with Gasteiger partial charge in [0, 0.05) is 36.5 Å². The number of hydrogen-bond acceptors (Lipinski definition) is 3. The number of carbonyl (C=O) groups is 1. The molecule has 1 atom stereocenters. The Hall–Kier alpha value is -2.63. The van der Waals surface area contributed by atoms with Gasteiger partial charge in [0.25, 0.3) is 0 Å². The number of hydrogen-bond donors (Lipinski definition) is 1. The summed E-state index contributed by atoms with van der Waals surface area (Å²) < 4.78 is 1.92. The summed E-state index contributed by atoms with van der Waals surface area (Å²) >= 11 is 0. The Morgan fingerprint density at radius 3 is 3.04 bits per heavy atom. The molecule has 0 radical (unpaired) electrons. The maximum atomic E-state index is 12.7. The van der Waals surface area contributed by atoms with E-state index < -0.39 is 0 Å². The third kappa shape index (κ3) is 3.16. The lowest BCUT2D eigenvalue weighted by Crippen LogP contribution is -2.39. The van der Waals surface area contributed by atoms with Gasteiger partial charge in [-0.25, -0.2) is 0 Å². The molecule has 2 aromatic heterocycles. The van der Waals surface area contributed by atoms with Gasteiger partial charge >= 0.3 is 0 Å². The number of nitrogens with one attached hydrogen (secondary N) is 1. The monoisotopic (exact) mass is 337 g/mol. The number of para-hydroxylation sites is 1. The minimum Gasteiger partial charge on any atom is -0.342 e. The highest BCUT2D eigenvalue weighted by atomic mass is 16.2. The minimum atomic E-state index is 0.210. The van der Waals surface area contributed by atoms with E-state index in [9.17, 15) is 4.79 Å². The number of fused-ring (bicyclic) bond motifs is 1. The number of amides is 1. The first-order chi connectivity index (χ1) is 12.2. The van der Waals surface area contributed by atoms with Gasteiger partial charge in [-0.2, -0.15) is 10.2 Å². The van der Waals surface area contributed by atoms with E-state index in [1.807, 2.05) is 46.2 Å². The standard InChI is InChI=1S/C19H23N5O/c1-14-11-20-22-19(14)16-6-4-9-23(13-16)18(25)8-10-24-17-7-3-2-5-15(17)12-21-24/h2-3,5,7,11-12,16H,4,6,8-10,13H2,1H3,(H,20,22)/t16-/m1/s1. The number of aryl methyl sites for hydroxylation is 2. The van der Waals surface area contributed by atoms with Gasteiger partial charge in [-0.1, -0.05) is 18.2 Å². The first-order valence-corrected chi connectivity index (χ1v) is 8.90. The number of nitrogens with zero attached hydrogens (tertiary/aromatic N) is 4. The van der Waals surface area contributed by atoms with Gasteiger partial charge in [-0.15, -0.1) is 0 Å². The molecular formula is C19H23N5O. The lowest BCUT2D eigenvalue weighted by atomic mass is 9.93. The molecular weight excluding hydrogens is 314 g/mol. The van der Waals surface area contributed by atoms with E-state index in [4.69, 9.17) is 0 Å². The predicted molar refractivity (Wildman–Crippen MR) is 96.2 cm³/mol. The van der Waals surface area contributed by atoms with Gasteiger partial charge in [0.05, 0.1) is 24.5 Å². The van der Waals surface area contributed by atoms with E-state index in [2.05, 4.69) is 22.2 Å². The second kappa shape index (κ2) is 6.70. The van der Waals surface area contributed by atoms with Crippen molar-refractivity contribution in [1.82, 2.24) is 24.9 Å². The van der Waals surface area contributed by atoms with Crippen molar-refractivity contribution in [3.05, 3.63) is 47.9 Å². The van der Waals surface area contributed by atoms with Crippen molar-refractivity contribution in [2.75, 3.05) is 13.1 Å². The maximum Gasteiger partial charge on any atom is 0.224 e. The van der Waals surface area contributed by atoms with E-state index in [1.165, 1.54) is 11.3 Å². The zero-order valence-electron chi connectivity index (χ0n) is 14.5. The number of H-pyrrole nitrogens is 1. The van der Waals surface area contributed by atoms with Crippen LogP contribution in [-0.4, -0.2) is 43.9 Å². The molecule has 6 heteroatoms. The molecule has 1 aromatic carbocycles. The number of rotatable bonds is 4. The summed E-state index contributed by atoms with van der Waals surface area (Å²) in [5, 5.41) is 12.8. The molecule has 1 N–H and O–H groups in total. The van der Waals surface area contributed by atoms with Crippen LogP contribution in [0.2, 0.25) is 0 Å². The summed E-state index contributed by atoms with van der Waals surface area (Å²) in [5.74, 6) is 0.576. The van der Waals surface area contributed by atoms with E-state index in [1.54, 1.807) is 0 Å². The molecule has 6 nitrogen and oxygen atoms in total. The summed E-state index contributed by atoms with van der Waals surface area (Å²) in [6, 6.07) is 8.10. The number of aromatic nitrogens is 4. The number of aromatic amines is 1. The van der Waals surface area contributed by atoms with Crippen LogP contribution in [0.15, 0.2) is 36.7 Å². The molecule has 1 saturated heterocycles. The summed E-state index contributed by atoms with van der Waals surface area (Å²) in [7, 11) is 0. The average Bonchev–Trinajstić information content (AvgIpc) is 3.26. The Morgan fingerprint density at radius 1 is 1.32 bits per heavy atom. The van der Waals surface area contributed by atoms with Crippen molar-refractivity contribution >= 4 is 16.8 Å². The average molecular weight is 337 g/mol. The highest BCUT2D eigenvalue weighted by molar-refractivity contribution is 5.79. The van der Waals surface area contributed by atoms with Gasteiger partial charge in [-0.3, -0.25) is 14.6 Å². The fourth-order valence-corrected chi connectivity index (χ4v) is 3.77. The molecule has 130 valence electrons. The quantitative estimate of drug-likeness (QED) is 0.796. The molecule has 0 bridgehead atoms. The third-order valence-corrected chi connectivity index (χ3v) is 5.14. The van der Waals surface area contributed by atoms with Crippen molar-refractivity contribution in [2.24, 2.45) is 0 Å². The molecule has 0 saturated carbocycles. The second-order valence-corrected chi connectivity index (χ2v) is 6.82. The Bertz CT molecular complexity index is 881. The molecule has 1 aliphatic heterocycles. The van der Waals surface area contributed by atoms with Crippen molar-refractivity contribution in [3.63, 3.8) is 0 Å². The molecule has 1 fully saturated rings. The maximum absolute atomic E-state index is 12.7. The fraction of sp³-hybridized carbons (Fsp3) is 0.421. The number of benzene rings is 1.